The Morgan fingerprint density at radius 1 is 1.42 bits per heavy atom. The van der Waals surface area contributed by atoms with Crippen LogP contribution in [-0.4, -0.2) is 40.5 Å². The van der Waals surface area contributed by atoms with Gasteiger partial charge in [-0.15, -0.1) is 0 Å². The Kier molecular flexibility index (Phi) is 8.45. The van der Waals surface area contributed by atoms with Crippen LogP contribution in [0.2, 0.25) is 0 Å². The van der Waals surface area contributed by atoms with Crippen LogP contribution >= 0.6 is 0 Å². The van der Waals surface area contributed by atoms with Crippen LogP contribution < -0.4 is 5.32 Å². The van der Waals surface area contributed by atoms with Gasteiger partial charge in [-0.1, -0.05) is 26.2 Å². The molecule has 1 heterocycles. The van der Waals surface area contributed by atoms with E-state index in [0.717, 1.165) is 18.9 Å². The number of nitrogens with zero attached hydrogens (tertiary/aromatic N) is 2. The molecule has 0 aliphatic rings. The number of aryl methyl sites for hydroxylation is 1. The van der Waals surface area contributed by atoms with Gasteiger partial charge in [-0.25, -0.2) is 4.98 Å². The Hall–Kier alpha value is -0.910. The molecule has 1 aromatic rings. The maximum absolute atomic E-state index is 9.74. The molecule has 2 N–H and O–H groups in total. The van der Waals surface area contributed by atoms with Crippen LogP contribution in [0.1, 0.15) is 38.4 Å². The molecule has 0 fully saturated rings. The Bertz CT molecular complexity index is 328. The van der Waals surface area contributed by atoms with E-state index in [2.05, 4.69) is 17.2 Å². The normalized spacial score (nSPS) is 12.8. The average molecular weight is 269 g/mol. The highest BCUT2D eigenvalue weighted by molar-refractivity contribution is 4.90. The van der Waals surface area contributed by atoms with Crippen molar-refractivity contribution in [2.45, 2.75) is 45.3 Å². The number of hydrogen-bond donors (Lipinski definition) is 2. The highest BCUT2D eigenvalue weighted by atomic mass is 16.5. The van der Waals surface area contributed by atoms with Crippen molar-refractivity contribution in [3.63, 3.8) is 0 Å². The second-order valence-electron chi connectivity index (χ2n) is 4.87. The van der Waals surface area contributed by atoms with Crippen molar-refractivity contribution in [3.8, 4) is 0 Å². The first-order valence-corrected chi connectivity index (χ1v) is 7.16. The van der Waals surface area contributed by atoms with Crippen LogP contribution in [0.25, 0.3) is 0 Å². The third kappa shape index (κ3) is 7.30. The molecule has 0 aromatic carbocycles. The third-order valence-corrected chi connectivity index (χ3v) is 3.04. The molecule has 1 rings (SSSR count). The lowest BCUT2D eigenvalue weighted by atomic mass is 10.2. The number of aliphatic hydroxyl groups is 1. The van der Waals surface area contributed by atoms with Gasteiger partial charge in [-0.2, -0.15) is 0 Å². The number of aromatic nitrogens is 2. The maximum Gasteiger partial charge on any atom is 0.122 e. The third-order valence-electron chi connectivity index (χ3n) is 3.04. The fourth-order valence-corrected chi connectivity index (χ4v) is 1.83. The van der Waals surface area contributed by atoms with Crippen LogP contribution in [0.4, 0.5) is 0 Å². The van der Waals surface area contributed by atoms with Gasteiger partial charge in [0.1, 0.15) is 5.82 Å². The first kappa shape index (κ1) is 16.1. The number of ether oxygens (including phenoxy) is 1. The molecule has 1 unspecified atom stereocenters. The zero-order valence-electron chi connectivity index (χ0n) is 12.1. The summed E-state index contributed by atoms with van der Waals surface area (Å²) in [6.07, 6.45) is 8.02. The molecule has 0 aliphatic carbocycles. The first-order chi connectivity index (χ1) is 9.24. The van der Waals surface area contributed by atoms with E-state index in [9.17, 15) is 5.11 Å². The number of nitrogens with one attached hydrogen (secondary N) is 1. The standard InChI is InChI=1S/C14H27N3O2/c1-3-4-5-6-9-19-12-13(18)10-15-11-14-16-7-8-17(14)2/h7-8,13,15,18H,3-6,9-12H2,1-2H3. The first-order valence-electron chi connectivity index (χ1n) is 7.16. The summed E-state index contributed by atoms with van der Waals surface area (Å²) in [4.78, 5) is 4.20. The lowest BCUT2D eigenvalue weighted by molar-refractivity contribution is 0.0352. The summed E-state index contributed by atoms with van der Waals surface area (Å²) in [6, 6.07) is 0. The quantitative estimate of drug-likeness (QED) is 0.597. The van der Waals surface area contributed by atoms with Gasteiger partial charge in [-0.05, 0) is 6.42 Å². The molecule has 19 heavy (non-hydrogen) atoms. The summed E-state index contributed by atoms with van der Waals surface area (Å²) in [5.41, 5.74) is 0. The van der Waals surface area contributed by atoms with Crippen molar-refractivity contribution >= 4 is 0 Å². The zero-order valence-corrected chi connectivity index (χ0v) is 12.1. The van der Waals surface area contributed by atoms with Crippen molar-refractivity contribution in [3.05, 3.63) is 18.2 Å². The molecular weight excluding hydrogens is 242 g/mol. The predicted molar refractivity (Wildman–Crippen MR) is 75.9 cm³/mol. The highest BCUT2D eigenvalue weighted by Gasteiger charge is 2.05. The Labute approximate surface area is 116 Å². The number of hydrogen-bond acceptors (Lipinski definition) is 4. The molecule has 5 nitrogen and oxygen atoms in total. The van der Waals surface area contributed by atoms with Gasteiger partial charge >= 0.3 is 0 Å². The van der Waals surface area contributed by atoms with Gasteiger partial charge in [0.2, 0.25) is 0 Å². The Morgan fingerprint density at radius 2 is 2.26 bits per heavy atom. The van der Waals surface area contributed by atoms with Gasteiger partial charge in [-0.3, -0.25) is 0 Å². The number of unbranched alkanes of at least 4 members (excludes halogenated alkanes) is 3. The lowest BCUT2D eigenvalue weighted by Gasteiger charge is -2.12. The van der Waals surface area contributed by atoms with Crippen LogP contribution in [0.5, 0.6) is 0 Å². The maximum atomic E-state index is 9.74. The molecule has 0 bridgehead atoms. The Morgan fingerprint density at radius 3 is 2.95 bits per heavy atom. The average Bonchev–Trinajstić information content (AvgIpc) is 2.79. The molecule has 0 amide bonds. The molecule has 0 saturated carbocycles. The minimum atomic E-state index is -0.452. The predicted octanol–water partition coefficient (Wildman–Crippen LogP) is 1.47. The van der Waals surface area contributed by atoms with Crippen LogP contribution in [0, 0.1) is 0 Å². The molecular formula is C14H27N3O2. The molecule has 0 radical (unpaired) electrons. The molecule has 1 atom stereocenters. The molecule has 0 aliphatic heterocycles. The molecule has 0 spiro atoms. The van der Waals surface area contributed by atoms with E-state index in [0.29, 0.717) is 19.7 Å². The topological polar surface area (TPSA) is 59.3 Å². The van der Waals surface area contributed by atoms with Crippen molar-refractivity contribution in [1.29, 1.82) is 0 Å². The van der Waals surface area contributed by atoms with E-state index in [1.807, 2.05) is 17.8 Å². The highest BCUT2D eigenvalue weighted by Crippen LogP contribution is 1.99. The van der Waals surface area contributed by atoms with Gasteiger partial charge in [0.15, 0.2) is 0 Å². The lowest BCUT2D eigenvalue weighted by Crippen LogP contribution is -2.30. The second-order valence-corrected chi connectivity index (χ2v) is 4.87. The van der Waals surface area contributed by atoms with Crippen molar-refractivity contribution in [1.82, 2.24) is 14.9 Å². The SMILES string of the molecule is CCCCCCOCC(O)CNCc1nccn1C. The molecule has 0 saturated heterocycles. The second kappa shape index (κ2) is 9.95. The summed E-state index contributed by atoms with van der Waals surface area (Å²) in [5.74, 6) is 0.965. The molecule has 110 valence electrons. The Balaban J connectivity index is 1.96. The number of rotatable bonds is 11. The van der Waals surface area contributed by atoms with Crippen LogP contribution in [0.15, 0.2) is 12.4 Å². The van der Waals surface area contributed by atoms with E-state index in [-0.39, 0.29) is 0 Å². The largest absolute Gasteiger partial charge is 0.389 e. The monoisotopic (exact) mass is 269 g/mol. The smallest absolute Gasteiger partial charge is 0.122 e. The van der Waals surface area contributed by atoms with Crippen LogP contribution in [0.3, 0.4) is 0 Å². The van der Waals surface area contributed by atoms with E-state index in [1.165, 1.54) is 19.3 Å². The van der Waals surface area contributed by atoms with Gasteiger partial charge < -0.3 is 19.7 Å². The van der Waals surface area contributed by atoms with Crippen molar-refractivity contribution < 1.29 is 9.84 Å². The van der Waals surface area contributed by atoms with E-state index < -0.39 is 6.10 Å². The van der Waals surface area contributed by atoms with Gasteiger partial charge in [0, 0.05) is 32.6 Å². The summed E-state index contributed by atoms with van der Waals surface area (Å²) in [7, 11) is 1.96. The van der Waals surface area contributed by atoms with E-state index in [4.69, 9.17) is 4.74 Å². The summed E-state index contributed by atoms with van der Waals surface area (Å²) in [6.45, 7) is 4.53. The fraction of sp³-hybridized carbons (Fsp3) is 0.786. The summed E-state index contributed by atoms with van der Waals surface area (Å²) >= 11 is 0. The van der Waals surface area contributed by atoms with Gasteiger partial charge in [0.25, 0.3) is 0 Å². The van der Waals surface area contributed by atoms with E-state index in [1.54, 1.807) is 6.20 Å². The minimum absolute atomic E-state index is 0.402. The van der Waals surface area contributed by atoms with Crippen molar-refractivity contribution in [2.75, 3.05) is 19.8 Å². The number of aliphatic hydroxyl groups excluding tert-OH is 1. The van der Waals surface area contributed by atoms with Gasteiger partial charge in [0.05, 0.1) is 19.3 Å². The summed E-state index contributed by atoms with van der Waals surface area (Å²) < 4.78 is 7.40. The fourth-order valence-electron chi connectivity index (χ4n) is 1.83. The number of imidazole rings is 1. The molecule has 5 heteroatoms. The van der Waals surface area contributed by atoms with E-state index >= 15 is 0 Å². The summed E-state index contributed by atoms with van der Waals surface area (Å²) in [5, 5.41) is 12.9. The van der Waals surface area contributed by atoms with Crippen molar-refractivity contribution in [2.24, 2.45) is 7.05 Å². The molecule has 1 aromatic heterocycles. The zero-order chi connectivity index (χ0) is 13.9. The van der Waals surface area contributed by atoms with Crippen LogP contribution in [-0.2, 0) is 18.3 Å². The minimum Gasteiger partial charge on any atom is -0.389 e.